The second-order valence-electron chi connectivity index (χ2n) is 5.94. The highest BCUT2D eigenvalue weighted by molar-refractivity contribution is 9.10. The third-order valence-corrected chi connectivity index (χ3v) is 5.30. The highest BCUT2D eigenvalue weighted by Gasteiger charge is 2.34. The van der Waals surface area contributed by atoms with Crippen molar-refractivity contribution in [1.82, 2.24) is 4.90 Å². The SMILES string of the molecule is CN(C)c1ccc(/C=C2/SC(=O)N(CNc3ccc(Br)cc3)C2=O)cc1. The molecule has 2 aromatic carbocycles. The number of anilines is 2. The normalized spacial score (nSPS) is 15.7. The molecule has 0 bridgehead atoms. The summed E-state index contributed by atoms with van der Waals surface area (Å²) in [5.74, 6) is -0.277. The number of amides is 2. The van der Waals surface area contributed by atoms with Crippen molar-refractivity contribution in [2.45, 2.75) is 0 Å². The van der Waals surface area contributed by atoms with E-state index in [1.165, 1.54) is 4.90 Å². The second kappa shape index (κ2) is 7.97. The highest BCUT2D eigenvalue weighted by Crippen LogP contribution is 2.32. The van der Waals surface area contributed by atoms with Crippen LogP contribution in [-0.4, -0.2) is 36.8 Å². The van der Waals surface area contributed by atoms with Crippen molar-refractivity contribution in [1.29, 1.82) is 0 Å². The number of imide groups is 1. The number of benzene rings is 2. The van der Waals surface area contributed by atoms with Crippen LogP contribution in [0.2, 0.25) is 0 Å². The zero-order valence-corrected chi connectivity index (χ0v) is 16.8. The number of hydrogen-bond donors (Lipinski definition) is 1. The lowest BCUT2D eigenvalue weighted by Crippen LogP contribution is -2.33. The van der Waals surface area contributed by atoms with Gasteiger partial charge in [-0.3, -0.25) is 14.5 Å². The van der Waals surface area contributed by atoms with E-state index in [0.29, 0.717) is 4.91 Å². The Hall–Kier alpha value is -2.25. The average Bonchev–Trinajstić information content (AvgIpc) is 2.88. The number of nitrogens with one attached hydrogen (secondary N) is 1. The summed E-state index contributed by atoms with van der Waals surface area (Å²) < 4.78 is 0.970. The zero-order valence-electron chi connectivity index (χ0n) is 14.4. The Morgan fingerprint density at radius 3 is 2.35 bits per heavy atom. The first-order valence-corrected chi connectivity index (χ1v) is 9.57. The van der Waals surface area contributed by atoms with E-state index in [1.54, 1.807) is 6.08 Å². The van der Waals surface area contributed by atoms with E-state index in [9.17, 15) is 9.59 Å². The van der Waals surface area contributed by atoms with Gasteiger partial charge in [0.05, 0.1) is 11.6 Å². The number of hydrogen-bond acceptors (Lipinski definition) is 5. The molecule has 1 aliphatic heterocycles. The molecular formula is C19H18BrN3O2S. The molecule has 0 saturated carbocycles. The maximum Gasteiger partial charge on any atom is 0.295 e. The van der Waals surface area contributed by atoms with E-state index in [1.807, 2.05) is 67.5 Å². The van der Waals surface area contributed by atoms with Gasteiger partial charge in [0.1, 0.15) is 0 Å². The van der Waals surface area contributed by atoms with Crippen molar-refractivity contribution in [3.8, 4) is 0 Å². The fraction of sp³-hybridized carbons (Fsp3) is 0.158. The lowest BCUT2D eigenvalue weighted by atomic mass is 10.2. The summed E-state index contributed by atoms with van der Waals surface area (Å²) in [5, 5.41) is 2.83. The van der Waals surface area contributed by atoms with Gasteiger partial charge in [-0.25, -0.2) is 0 Å². The number of carbonyl (C=O) groups is 2. The molecule has 5 nitrogen and oxygen atoms in total. The van der Waals surface area contributed by atoms with Crippen LogP contribution in [0.3, 0.4) is 0 Å². The molecule has 0 spiro atoms. The van der Waals surface area contributed by atoms with Crippen LogP contribution in [0.5, 0.6) is 0 Å². The number of thioether (sulfide) groups is 1. The molecule has 2 aromatic rings. The predicted octanol–water partition coefficient (Wildman–Crippen LogP) is 4.62. The molecule has 1 saturated heterocycles. The lowest BCUT2D eigenvalue weighted by molar-refractivity contribution is -0.122. The van der Waals surface area contributed by atoms with Crippen LogP contribution in [-0.2, 0) is 4.79 Å². The molecule has 7 heteroatoms. The van der Waals surface area contributed by atoms with Crippen molar-refractivity contribution in [3.05, 3.63) is 63.5 Å². The van der Waals surface area contributed by atoms with E-state index in [-0.39, 0.29) is 17.8 Å². The number of halogens is 1. The van der Waals surface area contributed by atoms with Gasteiger partial charge in [0.2, 0.25) is 0 Å². The molecule has 1 heterocycles. The van der Waals surface area contributed by atoms with Gasteiger partial charge in [0, 0.05) is 29.9 Å². The van der Waals surface area contributed by atoms with E-state index >= 15 is 0 Å². The number of nitrogens with zero attached hydrogens (tertiary/aromatic N) is 2. The monoisotopic (exact) mass is 431 g/mol. The maximum absolute atomic E-state index is 12.5. The summed E-state index contributed by atoms with van der Waals surface area (Å²) in [4.78, 5) is 28.4. The number of rotatable bonds is 5. The van der Waals surface area contributed by atoms with Gasteiger partial charge in [0.25, 0.3) is 11.1 Å². The van der Waals surface area contributed by atoms with Crippen LogP contribution in [0.15, 0.2) is 57.9 Å². The van der Waals surface area contributed by atoms with E-state index in [4.69, 9.17) is 0 Å². The Balaban J connectivity index is 1.68. The van der Waals surface area contributed by atoms with Crippen LogP contribution < -0.4 is 10.2 Å². The third kappa shape index (κ3) is 4.28. The van der Waals surface area contributed by atoms with Crippen molar-refractivity contribution in [2.24, 2.45) is 0 Å². The highest BCUT2D eigenvalue weighted by atomic mass is 79.9. The Labute approximate surface area is 165 Å². The van der Waals surface area contributed by atoms with Gasteiger partial charge in [-0.1, -0.05) is 28.1 Å². The molecule has 0 atom stereocenters. The van der Waals surface area contributed by atoms with E-state index < -0.39 is 0 Å². The van der Waals surface area contributed by atoms with Gasteiger partial charge >= 0.3 is 0 Å². The van der Waals surface area contributed by atoms with Gasteiger partial charge in [0.15, 0.2) is 0 Å². The Bertz CT molecular complexity index is 848. The molecule has 0 radical (unpaired) electrons. The van der Waals surface area contributed by atoms with Crippen molar-refractivity contribution in [3.63, 3.8) is 0 Å². The largest absolute Gasteiger partial charge is 0.378 e. The van der Waals surface area contributed by atoms with Gasteiger partial charge in [-0.15, -0.1) is 0 Å². The molecule has 0 aromatic heterocycles. The summed E-state index contributed by atoms with van der Waals surface area (Å²) in [6.45, 7) is 0.142. The van der Waals surface area contributed by atoms with Gasteiger partial charge in [-0.2, -0.15) is 0 Å². The number of carbonyl (C=O) groups excluding carboxylic acids is 2. The molecule has 1 fully saturated rings. The van der Waals surface area contributed by atoms with Crippen molar-refractivity contribution in [2.75, 3.05) is 31.0 Å². The molecule has 1 aliphatic rings. The summed E-state index contributed by atoms with van der Waals surface area (Å²) >= 11 is 4.34. The fourth-order valence-electron chi connectivity index (χ4n) is 2.39. The Morgan fingerprint density at radius 2 is 1.73 bits per heavy atom. The first-order chi connectivity index (χ1) is 12.4. The smallest absolute Gasteiger partial charge is 0.295 e. The van der Waals surface area contributed by atoms with Crippen LogP contribution in [0, 0.1) is 0 Å². The summed E-state index contributed by atoms with van der Waals surface area (Å²) in [5.41, 5.74) is 2.81. The van der Waals surface area contributed by atoms with Crippen molar-refractivity contribution < 1.29 is 9.59 Å². The van der Waals surface area contributed by atoms with Crippen LogP contribution in [0.1, 0.15) is 5.56 Å². The topological polar surface area (TPSA) is 52.7 Å². The van der Waals surface area contributed by atoms with Crippen molar-refractivity contribution >= 4 is 56.3 Å². The van der Waals surface area contributed by atoms with E-state index in [2.05, 4.69) is 21.2 Å². The molecule has 3 rings (SSSR count). The van der Waals surface area contributed by atoms with Gasteiger partial charge < -0.3 is 10.2 Å². The first-order valence-electron chi connectivity index (χ1n) is 7.96. The summed E-state index contributed by atoms with van der Waals surface area (Å²) in [6.07, 6.45) is 1.75. The standard InChI is InChI=1S/C19H18BrN3O2S/c1-22(2)16-9-3-13(4-10-16)11-17-18(24)23(19(25)26-17)12-21-15-7-5-14(20)6-8-15/h3-11,21H,12H2,1-2H3/b17-11+. The Kier molecular flexibility index (Phi) is 5.68. The molecule has 0 unspecified atom stereocenters. The third-order valence-electron chi connectivity index (χ3n) is 3.87. The molecule has 1 N–H and O–H groups in total. The fourth-order valence-corrected chi connectivity index (χ4v) is 3.50. The quantitative estimate of drug-likeness (QED) is 0.699. The van der Waals surface area contributed by atoms with Crippen LogP contribution >= 0.6 is 27.7 Å². The molecule has 134 valence electrons. The Morgan fingerprint density at radius 1 is 1.08 bits per heavy atom. The minimum absolute atomic E-state index is 0.142. The minimum atomic E-state index is -0.277. The molecule has 26 heavy (non-hydrogen) atoms. The predicted molar refractivity (Wildman–Crippen MR) is 111 cm³/mol. The first kappa shape index (κ1) is 18.5. The van der Waals surface area contributed by atoms with E-state index in [0.717, 1.165) is 33.2 Å². The minimum Gasteiger partial charge on any atom is -0.378 e. The molecule has 2 amide bonds. The molecule has 0 aliphatic carbocycles. The zero-order chi connectivity index (χ0) is 18.7. The average molecular weight is 432 g/mol. The lowest BCUT2D eigenvalue weighted by Gasteiger charge is -2.14. The molecular weight excluding hydrogens is 414 g/mol. The van der Waals surface area contributed by atoms with Gasteiger partial charge in [-0.05, 0) is 59.8 Å². The van der Waals surface area contributed by atoms with Crippen LogP contribution in [0.4, 0.5) is 16.2 Å². The summed E-state index contributed by atoms with van der Waals surface area (Å²) in [7, 11) is 3.94. The van der Waals surface area contributed by atoms with Crippen LogP contribution in [0.25, 0.3) is 6.08 Å². The summed E-state index contributed by atoms with van der Waals surface area (Å²) in [6, 6.07) is 15.4. The maximum atomic E-state index is 12.5. The second-order valence-corrected chi connectivity index (χ2v) is 7.85.